The highest BCUT2D eigenvalue weighted by atomic mass is 19.2. The first kappa shape index (κ1) is 23.7. The number of rotatable bonds is 7. The van der Waals surface area contributed by atoms with Gasteiger partial charge in [-0.3, -0.25) is 14.3 Å². The van der Waals surface area contributed by atoms with Crippen molar-refractivity contribution in [3.8, 4) is 0 Å². The van der Waals surface area contributed by atoms with E-state index < -0.39 is 11.6 Å². The van der Waals surface area contributed by atoms with Crippen molar-refractivity contribution in [3.05, 3.63) is 95.2 Å². The third kappa shape index (κ3) is 4.71. The van der Waals surface area contributed by atoms with Crippen molar-refractivity contribution in [2.45, 2.75) is 57.2 Å². The van der Waals surface area contributed by atoms with Crippen LogP contribution in [0.4, 0.5) is 8.78 Å². The molecule has 0 N–H and O–H groups in total. The first-order valence-corrected chi connectivity index (χ1v) is 12.7. The molecule has 3 atom stereocenters. The van der Waals surface area contributed by atoms with Crippen LogP contribution in [0.3, 0.4) is 0 Å². The Morgan fingerprint density at radius 2 is 1.89 bits per heavy atom. The minimum atomic E-state index is -0.932. The third-order valence-electron chi connectivity index (χ3n) is 7.59. The third-order valence-corrected chi connectivity index (χ3v) is 7.59. The molecule has 37 heavy (non-hydrogen) atoms. The molecule has 0 amide bonds. The molecule has 2 bridgehead atoms. The van der Waals surface area contributed by atoms with Crippen molar-refractivity contribution in [3.63, 3.8) is 0 Å². The molecule has 1 aromatic carbocycles. The monoisotopic (exact) mass is 502 g/mol. The highest BCUT2D eigenvalue weighted by Gasteiger charge is 2.41. The number of hydrogen-bond acceptors (Lipinski definition) is 6. The molecule has 2 aliphatic rings. The minimum absolute atomic E-state index is 0.358. The summed E-state index contributed by atoms with van der Waals surface area (Å²) in [4.78, 5) is 12.5. The van der Waals surface area contributed by atoms with E-state index in [1.165, 1.54) is 24.5 Å². The number of fused-ring (bicyclic) bond motifs is 3. The normalized spacial score (nSPS) is 22.0. The van der Waals surface area contributed by atoms with Gasteiger partial charge in [0.1, 0.15) is 18.6 Å². The average Bonchev–Trinajstić information content (AvgIpc) is 3.47. The maximum Gasteiger partial charge on any atom is 0.160 e. The van der Waals surface area contributed by atoms with Crippen molar-refractivity contribution in [1.29, 1.82) is 0 Å². The summed E-state index contributed by atoms with van der Waals surface area (Å²) in [6, 6.07) is 13.0. The summed E-state index contributed by atoms with van der Waals surface area (Å²) in [6.07, 6.45) is 10.3. The number of oxime groups is 1. The van der Waals surface area contributed by atoms with Gasteiger partial charge in [-0.25, -0.2) is 8.78 Å². The Morgan fingerprint density at radius 1 is 1.05 bits per heavy atom. The van der Waals surface area contributed by atoms with Gasteiger partial charge in [0.25, 0.3) is 0 Å². The molecule has 4 aromatic rings. The molecule has 0 saturated carbocycles. The largest absolute Gasteiger partial charge is 0.396 e. The molecule has 5 heterocycles. The molecule has 2 fully saturated rings. The van der Waals surface area contributed by atoms with Crippen LogP contribution in [-0.2, 0) is 11.4 Å². The van der Waals surface area contributed by atoms with Crippen molar-refractivity contribution >= 4 is 11.4 Å². The predicted octanol–water partition coefficient (Wildman–Crippen LogP) is 5.10. The van der Waals surface area contributed by atoms with Crippen LogP contribution in [0.25, 0.3) is 5.65 Å². The van der Waals surface area contributed by atoms with Crippen LogP contribution >= 0.6 is 0 Å². The van der Waals surface area contributed by atoms with Crippen molar-refractivity contribution in [1.82, 2.24) is 24.5 Å². The van der Waals surface area contributed by atoms with E-state index >= 15 is 0 Å². The molecule has 0 aliphatic carbocycles. The Bertz CT molecular complexity index is 1420. The van der Waals surface area contributed by atoms with Gasteiger partial charge >= 0.3 is 0 Å². The topological polar surface area (TPSA) is 67.9 Å². The van der Waals surface area contributed by atoms with Gasteiger partial charge < -0.3 is 4.84 Å². The van der Waals surface area contributed by atoms with E-state index in [1.54, 1.807) is 6.33 Å². The van der Waals surface area contributed by atoms with Crippen molar-refractivity contribution in [2.75, 3.05) is 6.61 Å². The molecule has 190 valence electrons. The van der Waals surface area contributed by atoms with E-state index in [-0.39, 0.29) is 0 Å². The van der Waals surface area contributed by atoms with Crippen LogP contribution in [0.15, 0.2) is 66.3 Å². The lowest BCUT2D eigenvalue weighted by Gasteiger charge is -2.39. The summed E-state index contributed by atoms with van der Waals surface area (Å²) in [5.41, 5.74) is 4.70. The summed E-state index contributed by atoms with van der Waals surface area (Å²) in [7, 11) is 0. The maximum atomic E-state index is 13.9. The highest BCUT2D eigenvalue weighted by molar-refractivity contribution is 6.11. The van der Waals surface area contributed by atoms with Gasteiger partial charge in [0, 0.05) is 36.6 Å². The fourth-order valence-electron chi connectivity index (χ4n) is 5.78. The van der Waals surface area contributed by atoms with Gasteiger partial charge in [-0.1, -0.05) is 11.2 Å². The Labute approximate surface area is 213 Å². The van der Waals surface area contributed by atoms with Crippen molar-refractivity contribution in [2.24, 2.45) is 5.16 Å². The fraction of sp³-hybridized carbons (Fsp3) is 0.357. The van der Waals surface area contributed by atoms with Crippen LogP contribution in [-0.4, -0.2) is 48.9 Å². The predicted molar refractivity (Wildman–Crippen MR) is 135 cm³/mol. The maximum absolute atomic E-state index is 13.9. The fourth-order valence-corrected chi connectivity index (χ4v) is 5.78. The summed E-state index contributed by atoms with van der Waals surface area (Å²) in [5.74, 6) is -1.30. The van der Waals surface area contributed by atoms with Crippen LogP contribution in [0.2, 0.25) is 0 Å². The number of piperidine rings is 1. The highest BCUT2D eigenvalue weighted by Crippen LogP contribution is 2.43. The molecule has 2 saturated heterocycles. The molecule has 9 heteroatoms. The zero-order valence-electron chi connectivity index (χ0n) is 20.6. The molecule has 0 spiro atoms. The van der Waals surface area contributed by atoms with Gasteiger partial charge in [-0.05, 0) is 86.1 Å². The molecule has 0 unspecified atom stereocenters. The summed E-state index contributed by atoms with van der Waals surface area (Å²) < 4.78 is 29.3. The lowest BCUT2D eigenvalue weighted by molar-refractivity contribution is 0.118. The van der Waals surface area contributed by atoms with Gasteiger partial charge in [-0.15, -0.1) is 10.2 Å². The quantitative estimate of drug-likeness (QED) is 0.260. The molecule has 7 nitrogen and oxygen atoms in total. The van der Waals surface area contributed by atoms with E-state index in [0.717, 1.165) is 42.7 Å². The van der Waals surface area contributed by atoms with Gasteiger partial charge in [0.2, 0.25) is 0 Å². The Morgan fingerprint density at radius 3 is 2.62 bits per heavy atom. The molecule has 6 rings (SSSR count). The number of pyridine rings is 2. The van der Waals surface area contributed by atoms with Crippen molar-refractivity contribution < 1.29 is 13.6 Å². The zero-order chi connectivity index (χ0) is 25.4. The number of benzene rings is 1. The van der Waals surface area contributed by atoms with E-state index in [4.69, 9.17) is 4.84 Å². The van der Waals surface area contributed by atoms with Gasteiger partial charge in [0.15, 0.2) is 17.3 Å². The SMILES string of the molecule is CCO/N=C(\c1ccc(F)c(F)c1)c1ccc(CN2[C@@H]3CC[C@H]2C[C@H](c2ccn4cnnc4c2)C3)cn1. The Hall–Kier alpha value is -3.72. The lowest BCUT2D eigenvalue weighted by atomic mass is 9.85. The molecule has 2 aliphatic heterocycles. The summed E-state index contributed by atoms with van der Waals surface area (Å²) >= 11 is 0. The number of nitrogens with zero attached hydrogens (tertiary/aromatic N) is 6. The minimum Gasteiger partial charge on any atom is -0.396 e. The molecule has 3 aromatic heterocycles. The summed E-state index contributed by atoms with van der Waals surface area (Å²) in [5, 5.41) is 12.3. The number of hydrogen-bond donors (Lipinski definition) is 0. The van der Waals surface area contributed by atoms with E-state index in [2.05, 4.69) is 43.6 Å². The van der Waals surface area contributed by atoms with Gasteiger partial charge in [-0.2, -0.15) is 0 Å². The Kier molecular flexibility index (Phi) is 6.38. The first-order valence-electron chi connectivity index (χ1n) is 12.7. The van der Waals surface area contributed by atoms with E-state index in [9.17, 15) is 8.78 Å². The lowest BCUT2D eigenvalue weighted by Crippen LogP contribution is -2.41. The van der Waals surface area contributed by atoms with E-state index in [0.29, 0.717) is 41.6 Å². The zero-order valence-corrected chi connectivity index (χ0v) is 20.6. The molecule has 0 radical (unpaired) electrons. The summed E-state index contributed by atoms with van der Waals surface area (Å²) in [6.45, 7) is 3.01. The Balaban J connectivity index is 1.17. The smallest absolute Gasteiger partial charge is 0.160 e. The van der Waals surface area contributed by atoms with Crippen LogP contribution in [0, 0.1) is 11.6 Å². The average molecular weight is 503 g/mol. The van der Waals surface area contributed by atoms with E-state index in [1.807, 2.05) is 29.7 Å². The molecular formula is C28H28F2N6O. The second kappa shape index (κ2) is 9.97. The van der Waals surface area contributed by atoms with Crippen LogP contribution in [0.1, 0.15) is 60.9 Å². The molecular weight excluding hydrogens is 474 g/mol. The number of halogens is 2. The van der Waals surface area contributed by atoms with Gasteiger partial charge in [0.05, 0.1) is 5.69 Å². The van der Waals surface area contributed by atoms with Crippen LogP contribution in [0.5, 0.6) is 0 Å². The number of aromatic nitrogens is 4. The second-order valence-corrected chi connectivity index (χ2v) is 9.82. The standard InChI is InChI=1S/C28H28F2N6O/c1-2-37-34-28(20-4-7-24(29)25(30)13-20)26-8-3-18(15-31-26)16-36-22-5-6-23(36)12-21(11-22)19-9-10-35-17-32-33-27(35)14-19/h3-4,7-10,13-15,17,21-23H,2,5-6,11-12,16H2,1H3/b34-28+/t21-,22-,23+. The van der Waals surface area contributed by atoms with Crippen LogP contribution < -0.4 is 0 Å². The second-order valence-electron chi connectivity index (χ2n) is 9.82. The first-order chi connectivity index (χ1) is 18.1.